The fourth-order valence-electron chi connectivity index (χ4n) is 2.86. The summed E-state index contributed by atoms with van der Waals surface area (Å²) in [5.74, 6) is -0.988. The Bertz CT molecular complexity index is 1400. The molecule has 0 saturated heterocycles. The fraction of sp³-hybridized carbons (Fsp3) is 0.0476. The molecule has 0 atom stereocenters. The quantitative estimate of drug-likeness (QED) is 0.352. The van der Waals surface area contributed by atoms with E-state index in [-0.39, 0.29) is 22.1 Å². The lowest BCUT2D eigenvalue weighted by molar-refractivity contribution is -0.111. The first-order valence-corrected chi connectivity index (χ1v) is 11.1. The van der Waals surface area contributed by atoms with E-state index in [1.54, 1.807) is 36.4 Å². The minimum absolute atomic E-state index is 0.0760. The van der Waals surface area contributed by atoms with Crippen LogP contribution < -0.4 is 5.32 Å². The fourth-order valence-corrected chi connectivity index (χ4v) is 3.51. The van der Waals surface area contributed by atoms with E-state index < -0.39 is 21.6 Å². The summed E-state index contributed by atoms with van der Waals surface area (Å²) in [6, 6.07) is 15.3. The molecule has 0 radical (unpaired) electrons. The number of anilines is 1. The van der Waals surface area contributed by atoms with Crippen molar-refractivity contribution in [1.29, 1.82) is 0 Å². The zero-order chi connectivity index (χ0) is 22.7. The minimum atomic E-state index is -3.61. The van der Waals surface area contributed by atoms with Crippen molar-refractivity contribution < 1.29 is 22.0 Å². The van der Waals surface area contributed by atoms with E-state index in [4.69, 9.17) is 4.42 Å². The van der Waals surface area contributed by atoms with E-state index >= 15 is 0 Å². The molecule has 0 unspecified atom stereocenters. The predicted molar refractivity (Wildman–Crippen MR) is 114 cm³/mol. The Morgan fingerprint density at radius 2 is 1.91 bits per heavy atom. The van der Waals surface area contributed by atoms with Crippen molar-refractivity contribution in [3.63, 3.8) is 0 Å². The second kappa shape index (κ2) is 8.55. The molecule has 0 fully saturated rings. The lowest BCUT2D eigenvalue weighted by atomic mass is 10.2. The summed E-state index contributed by atoms with van der Waals surface area (Å²) in [6.45, 7) is 0. The Kier molecular flexibility index (Phi) is 5.65. The van der Waals surface area contributed by atoms with Gasteiger partial charge < -0.3 is 9.73 Å². The van der Waals surface area contributed by atoms with Crippen LogP contribution in [-0.4, -0.2) is 40.8 Å². The molecular weight excluding hydrogens is 437 g/mol. The third-order valence-electron chi connectivity index (χ3n) is 4.40. The summed E-state index contributed by atoms with van der Waals surface area (Å²) in [5, 5.41) is 14.0. The number of sulfone groups is 1. The van der Waals surface area contributed by atoms with Gasteiger partial charge in [0, 0.05) is 17.9 Å². The van der Waals surface area contributed by atoms with Crippen molar-refractivity contribution in [3.05, 3.63) is 78.5 Å². The molecule has 4 aromatic rings. The molecule has 0 bridgehead atoms. The maximum Gasteiger partial charge on any atom is 0.274 e. The molecule has 2 heterocycles. The predicted octanol–water partition coefficient (Wildman–Crippen LogP) is 3.11. The zero-order valence-electron chi connectivity index (χ0n) is 16.6. The number of tetrazole rings is 1. The van der Waals surface area contributed by atoms with Gasteiger partial charge in [-0.1, -0.05) is 30.3 Å². The van der Waals surface area contributed by atoms with Gasteiger partial charge >= 0.3 is 0 Å². The van der Waals surface area contributed by atoms with Crippen LogP contribution in [0.2, 0.25) is 0 Å². The van der Waals surface area contributed by atoms with Crippen molar-refractivity contribution in [3.8, 4) is 11.4 Å². The van der Waals surface area contributed by atoms with Crippen LogP contribution in [0.4, 0.5) is 10.1 Å². The van der Waals surface area contributed by atoms with Crippen molar-refractivity contribution in [1.82, 2.24) is 20.2 Å². The molecule has 0 aliphatic rings. The van der Waals surface area contributed by atoms with Crippen LogP contribution in [0.25, 0.3) is 23.2 Å². The van der Waals surface area contributed by atoms with Crippen molar-refractivity contribution in [2.75, 3.05) is 11.6 Å². The number of carbonyl (C=O) groups is 1. The van der Waals surface area contributed by atoms with E-state index in [0.29, 0.717) is 11.3 Å². The van der Waals surface area contributed by atoms with E-state index in [2.05, 4.69) is 20.8 Å². The summed E-state index contributed by atoms with van der Waals surface area (Å²) < 4.78 is 44.5. The van der Waals surface area contributed by atoms with E-state index in [0.717, 1.165) is 24.5 Å². The lowest BCUT2D eigenvalue weighted by Crippen LogP contribution is -2.20. The number of hydrogen-bond acceptors (Lipinski definition) is 7. The average Bonchev–Trinajstić information content (AvgIpc) is 3.45. The number of amides is 1. The van der Waals surface area contributed by atoms with Crippen molar-refractivity contribution >= 4 is 33.2 Å². The van der Waals surface area contributed by atoms with Crippen LogP contribution in [0, 0.1) is 5.82 Å². The van der Waals surface area contributed by atoms with Gasteiger partial charge in [0.25, 0.3) is 5.91 Å². The first kappa shape index (κ1) is 21.1. The first-order chi connectivity index (χ1) is 15.3. The van der Waals surface area contributed by atoms with Crippen molar-refractivity contribution in [2.24, 2.45) is 0 Å². The topological polar surface area (TPSA) is 120 Å². The van der Waals surface area contributed by atoms with Gasteiger partial charge in [-0.3, -0.25) is 4.79 Å². The number of nitrogens with one attached hydrogen (secondary N) is 1. The Labute approximate surface area is 182 Å². The summed E-state index contributed by atoms with van der Waals surface area (Å²) in [5.41, 5.74) is 0.256. The number of furan rings is 1. The maximum absolute atomic E-state index is 14.4. The van der Waals surface area contributed by atoms with Crippen LogP contribution >= 0.6 is 0 Å². The summed E-state index contributed by atoms with van der Waals surface area (Å²) in [4.78, 5) is 13.0. The van der Waals surface area contributed by atoms with Gasteiger partial charge in [-0.2, -0.15) is 4.68 Å². The van der Waals surface area contributed by atoms with Crippen LogP contribution in [0.3, 0.4) is 0 Å². The molecule has 32 heavy (non-hydrogen) atoms. The highest BCUT2D eigenvalue weighted by molar-refractivity contribution is 7.90. The molecule has 2 aromatic carbocycles. The third kappa shape index (κ3) is 4.47. The van der Waals surface area contributed by atoms with Crippen LogP contribution in [0.1, 0.15) is 5.76 Å². The van der Waals surface area contributed by atoms with E-state index in [1.807, 2.05) is 6.07 Å². The number of hydrogen-bond donors (Lipinski definition) is 1. The SMILES string of the molecule is CS(=O)(=O)c1ccc(F)c(NC(=O)/C(=C/c2ccco2)n2nnnc2-c2ccccc2)c1. The molecule has 162 valence electrons. The number of carbonyl (C=O) groups excluding carboxylic acids is 1. The molecule has 0 aliphatic carbocycles. The molecule has 0 aliphatic heterocycles. The Morgan fingerprint density at radius 3 is 2.59 bits per heavy atom. The lowest BCUT2D eigenvalue weighted by Gasteiger charge is -2.12. The highest BCUT2D eigenvalue weighted by Gasteiger charge is 2.21. The zero-order valence-corrected chi connectivity index (χ0v) is 17.5. The molecular formula is C21H16FN5O4S. The number of benzene rings is 2. The molecule has 0 saturated carbocycles. The van der Waals surface area contributed by atoms with E-state index in [9.17, 15) is 17.6 Å². The van der Waals surface area contributed by atoms with Crippen LogP contribution in [0.15, 0.2) is 76.2 Å². The molecule has 9 nitrogen and oxygen atoms in total. The smallest absolute Gasteiger partial charge is 0.274 e. The number of halogens is 1. The number of rotatable bonds is 6. The Balaban J connectivity index is 1.77. The Hall–Kier alpha value is -4.12. The molecule has 4 rings (SSSR count). The van der Waals surface area contributed by atoms with Gasteiger partial charge in [0.05, 0.1) is 16.8 Å². The van der Waals surface area contributed by atoms with Gasteiger partial charge in [0.1, 0.15) is 17.3 Å². The van der Waals surface area contributed by atoms with Crippen LogP contribution in [-0.2, 0) is 14.6 Å². The summed E-state index contributed by atoms with van der Waals surface area (Å²) in [6.07, 6.45) is 3.80. The first-order valence-electron chi connectivity index (χ1n) is 9.23. The molecule has 1 amide bonds. The highest BCUT2D eigenvalue weighted by Crippen LogP contribution is 2.24. The second-order valence-corrected chi connectivity index (χ2v) is 8.71. The average molecular weight is 453 g/mol. The number of nitrogens with zero attached hydrogens (tertiary/aromatic N) is 4. The maximum atomic E-state index is 14.4. The standard InChI is InChI=1S/C21H16FN5O4S/c1-32(29,30)16-9-10-17(22)18(13-16)23-21(28)19(12-15-8-5-11-31-15)27-20(24-25-26-27)14-6-3-2-4-7-14/h2-13H,1H3,(H,23,28)/b19-12-. The van der Waals surface area contributed by atoms with Crippen LogP contribution in [0.5, 0.6) is 0 Å². The highest BCUT2D eigenvalue weighted by atomic mass is 32.2. The Morgan fingerprint density at radius 1 is 1.12 bits per heavy atom. The monoisotopic (exact) mass is 453 g/mol. The normalized spacial score (nSPS) is 12.0. The van der Waals surface area contributed by atoms with Gasteiger partial charge in [-0.25, -0.2) is 12.8 Å². The molecule has 1 N–H and O–H groups in total. The van der Waals surface area contributed by atoms with E-state index in [1.165, 1.54) is 17.0 Å². The van der Waals surface area contributed by atoms with Crippen molar-refractivity contribution in [2.45, 2.75) is 4.90 Å². The summed E-state index contributed by atoms with van der Waals surface area (Å²) in [7, 11) is -3.61. The van der Waals surface area contributed by atoms with Gasteiger partial charge in [-0.05, 0) is 40.8 Å². The molecule has 0 spiro atoms. The molecule has 11 heteroatoms. The molecule has 2 aromatic heterocycles. The van der Waals surface area contributed by atoms with Gasteiger partial charge in [0.15, 0.2) is 15.7 Å². The second-order valence-electron chi connectivity index (χ2n) is 6.69. The minimum Gasteiger partial charge on any atom is -0.465 e. The summed E-state index contributed by atoms with van der Waals surface area (Å²) >= 11 is 0. The van der Waals surface area contributed by atoms with Gasteiger partial charge in [0.2, 0.25) is 0 Å². The third-order valence-corrected chi connectivity index (χ3v) is 5.51. The van der Waals surface area contributed by atoms with Gasteiger partial charge in [-0.15, -0.1) is 5.10 Å². The largest absolute Gasteiger partial charge is 0.465 e. The number of aromatic nitrogens is 4.